The molecule has 2 N–H and O–H groups in total. The number of rotatable bonds is 3. The van der Waals surface area contributed by atoms with E-state index in [4.69, 9.17) is 5.84 Å². The van der Waals surface area contributed by atoms with Crippen LogP contribution in [0.25, 0.3) is 11.3 Å². The number of hydrogen-bond acceptors (Lipinski definition) is 3. The number of aromatic nitrogens is 1. The summed E-state index contributed by atoms with van der Waals surface area (Å²) >= 11 is 0. The molecule has 17 heavy (non-hydrogen) atoms. The molecule has 0 fully saturated rings. The maximum atomic E-state index is 12.8. The van der Waals surface area contributed by atoms with Crippen molar-refractivity contribution in [1.29, 1.82) is 0 Å². The van der Waals surface area contributed by atoms with Crippen LogP contribution in [-0.4, -0.2) is 11.2 Å². The third-order valence-corrected chi connectivity index (χ3v) is 2.40. The van der Waals surface area contributed by atoms with E-state index in [1.807, 2.05) is 12.1 Å². The summed E-state index contributed by atoms with van der Waals surface area (Å²) in [6, 6.07) is 10.1. The molecule has 0 aliphatic rings. The minimum absolute atomic E-state index is 0.250. The molecule has 1 heterocycles. The Balaban J connectivity index is 2.29. The van der Waals surface area contributed by atoms with Crippen LogP contribution in [0.3, 0.4) is 0 Å². The molecule has 0 aliphatic heterocycles. The number of benzene rings is 1. The lowest BCUT2D eigenvalue weighted by molar-refractivity contribution is 0.628. The molecular weight excluding hydrogens is 217 g/mol. The van der Waals surface area contributed by atoms with E-state index >= 15 is 0 Å². The fourth-order valence-electron chi connectivity index (χ4n) is 1.54. The topological polar surface area (TPSA) is 51.3 Å². The Morgan fingerprint density at radius 3 is 2.71 bits per heavy atom. The van der Waals surface area contributed by atoms with Crippen LogP contribution in [0.5, 0.6) is 0 Å². The molecule has 1 aromatic heterocycles. The van der Waals surface area contributed by atoms with E-state index in [2.05, 4.69) is 10.1 Å². The Hall–Kier alpha value is -2.23. The molecule has 0 saturated heterocycles. The van der Waals surface area contributed by atoms with Crippen LogP contribution >= 0.6 is 0 Å². The van der Waals surface area contributed by atoms with Crippen molar-refractivity contribution in [1.82, 2.24) is 4.98 Å². The number of hydrogen-bond donors (Lipinski definition) is 1. The number of halogens is 1. The van der Waals surface area contributed by atoms with Gasteiger partial charge >= 0.3 is 0 Å². The first-order chi connectivity index (χ1) is 8.29. The average Bonchev–Trinajstić information content (AvgIpc) is 2.37. The van der Waals surface area contributed by atoms with Gasteiger partial charge in [-0.15, -0.1) is 0 Å². The van der Waals surface area contributed by atoms with Crippen molar-refractivity contribution in [2.75, 3.05) is 0 Å². The summed E-state index contributed by atoms with van der Waals surface area (Å²) in [6.07, 6.45) is 4.01. The number of nitrogens with two attached hydrogens (primary N) is 1. The molecule has 0 aliphatic carbocycles. The monoisotopic (exact) mass is 229 g/mol. The molecule has 0 spiro atoms. The third kappa shape index (κ3) is 2.87. The van der Waals surface area contributed by atoms with Crippen molar-refractivity contribution < 1.29 is 4.39 Å². The van der Waals surface area contributed by atoms with Gasteiger partial charge in [0.25, 0.3) is 0 Å². The molecular formula is C13H12FN3. The third-order valence-electron chi connectivity index (χ3n) is 2.40. The molecule has 0 bridgehead atoms. The van der Waals surface area contributed by atoms with Gasteiger partial charge in [-0.3, -0.25) is 4.98 Å². The fraction of sp³-hybridized carbons (Fsp3) is 0.0769. The normalized spacial score (nSPS) is 10.9. The van der Waals surface area contributed by atoms with Crippen LogP contribution in [0.2, 0.25) is 0 Å². The molecule has 86 valence electrons. The van der Waals surface area contributed by atoms with Crippen molar-refractivity contribution in [2.24, 2.45) is 10.9 Å². The smallest absolute Gasteiger partial charge is 0.123 e. The van der Waals surface area contributed by atoms with Gasteiger partial charge in [0, 0.05) is 24.4 Å². The highest BCUT2D eigenvalue weighted by molar-refractivity contribution is 5.64. The van der Waals surface area contributed by atoms with Crippen LogP contribution in [-0.2, 0) is 6.42 Å². The Labute approximate surface area is 98.8 Å². The number of nitrogens with zero attached hydrogens (tertiary/aromatic N) is 2. The summed E-state index contributed by atoms with van der Waals surface area (Å²) in [5.74, 6) is 4.80. The number of pyridine rings is 1. The zero-order chi connectivity index (χ0) is 12.1. The van der Waals surface area contributed by atoms with Crippen molar-refractivity contribution >= 4 is 6.21 Å². The summed E-state index contributed by atoms with van der Waals surface area (Å²) in [5, 5.41) is 3.45. The highest BCUT2D eigenvalue weighted by Crippen LogP contribution is 2.18. The summed E-state index contributed by atoms with van der Waals surface area (Å²) in [6.45, 7) is 0. The fourth-order valence-corrected chi connectivity index (χ4v) is 1.54. The van der Waals surface area contributed by atoms with Gasteiger partial charge in [-0.1, -0.05) is 0 Å². The maximum absolute atomic E-state index is 12.8. The van der Waals surface area contributed by atoms with Gasteiger partial charge < -0.3 is 5.84 Å². The predicted molar refractivity (Wildman–Crippen MR) is 66.0 cm³/mol. The molecule has 2 aromatic rings. The van der Waals surface area contributed by atoms with E-state index in [0.717, 1.165) is 16.8 Å². The molecule has 0 unspecified atom stereocenters. The second-order valence-corrected chi connectivity index (χ2v) is 3.59. The lowest BCUT2D eigenvalue weighted by Gasteiger charge is -2.02. The van der Waals surface area contributed by atoms with Gasteiger partial charge in [0.1, 0.15) is 5.82 Å². The van der Waals surface area contributed by atoms with E-state index in [-0.39, 0.29) is 5.82 Å². The Kier molecular flexibility index (Phi) is 3.45. The van der Waals surface area contributed by atoms with Crippen molar-refractivity contribution in [2.45, 2.75) is 6.42 Å². The predicted octanol–water partition coefficient (Wildman–Crippen LogP) is 2.37. The molecule has 1 aromatic carbocycles. The highest BCUT2D eigenvalue weighted by Gasteiger charge is 2.00. The zero-order valence-electron chi connectivity index (χ0n) is 9.18. The minimum atomic E-state index is -0.250. The Morgan fingerprint density at radius 1 is 1.24 bits per heavy atom. The van der Waals surface area contributed by atoms with Gasteiger partial charge in [0.05, 0.1) is 5.69 Å². The van der Waals surface area contributed by atoms with Crippen molar-refractivity contribution in [3.05, 3.63) is 54.0 Å². The molecule has 4 heteroatoms. The summed E-state index contributed by atoms with van der Waals surface area (Å²) in [7, 11) is 0. The van der Waals surface area contributed by atoms with Crippen LogP contribution in [0.1, 0.15) is 5.56 Å². The largest absolute Gasteiger partial charge is 0.324 e. The van der Waals surface area contributed by atoms with Gasteiger partial charge in [-0.2, -0.15) is 5.10 Å². The lowest BCUT2D eigenvalue weighted by Crippen LogP contribution is -1.92. The average molecular weight is 229 g/mol. The minimum Gasteiger partial charge on any atom is -0.324 e. The SMILES string of the molecule is NN=CCc1ccnc(-c2ccc(F)cc2)c1. The zero-order valence-corrected chi connectivity index (χ0v) is 9.18. The molecule has 3 nitrogen and oxygen atoms in total. The van der Waals surface area contributed by atoms with Gasteiger partial charge in [-0.05, 0) is 42.0 Å². The maximum Gasteiger partial charge on any atom is 0.123 e. The lowest BCUT2D eigenvalue weighted by atomic mass is 10.1. The first kappa shape index (κ1) is 11.3. The highest BCUT2D eigenvalue weighted by atomic mass is 19.1. The van der Waals surface area contributed by atoms with E-state index in [9.17, 15) is 4.39 Å². The summed E-state index contributed by atoms with van der Waals surface area (Å²) in [4.78, 5) is 4.25. The van der Waals surface area contributed by atoms with Crippen LogP contribution in [0.4, 0.5) is 4.39 Å². The van der Waals surface area contributed by atoms with Gasteiger partial charge in [0.2, 0.25) is 0 Å². The van der Waals surface area contributed by atoms with Crippen LogP contribution < -0.4 is 5.84 Å². The standard InChI is InChI=1S/C13H12FN3/c14-12-3-1-11(2-4-12)13-9-10(5-7-16-13)6-8-17-15/h1-5,7-9H,6,15H2. The van der Waals surface area contributed by atoms with Crippen LogP contribution in [0.15, 0.2) is 47.7 Å². The second-order valence-electron chi connectivity index (χ2n) is 3.59. The van der Waals surface area contributed by atoms with E-state index in [1.165, 1.54) is 12.1 Å². The quantitative estimate of drug-likeness (QED) is 0.499. The summed E-state index contributed by atoms with van der Waals surface area (Å²) < 4.78 is 12.8. The molecule has 2 rings (SSSR count). The molecule has 0 radical (unpaired) electrons. The molecule has 0 amide bonds. The Bertz CT molecular complexity index is 520. The van der Waals surface area contributed by atoms with Crippen molar-refractivity contribution in [3.63, 3.8) is 0 Å². The number of hydrazone groups is 1. The van der Waals surface area contributed by atoms with E-state index in [0.29, 0.717) is 6.42 Å². The summed E-state index contributed by atoms with van der Waals surface area (Å²) in [5.41, 5.74) is 2.76. The molecule has 0 saturated carbocycles. The van der Waals surface area contributed by atoms with Gasteiger partial charge in [0.15, 0.2) is 0 Å². The molecule has 0 atom stereocenters. The van der Waals surface area contributed by atoms with Crippen molar-refractivity contribution in [3.8, 4) is 11.3 Å². The van der Waals surface area contributed by atoms with Gasteiger partial charge in [-0.25, -0.2) is 4.39 Å². The first-order valence-electron chi connectivity index (χ1n) is 5.22. The second kappa shape index (κ2) is 5.21. The first-order valence-corrected chi connectivity index (χ1v) is 5.22. The Morgan fingerprint density at radius 2 is 2.00 bits per heavy atom. The van der Waals surface area contributed by atoms with Crippen LogP contribution in [0, 0.1) is 5.82 Å². The van der Waals surface area contributed by atoms with E-state index in [1.54, 1.807) is 24.5 Å². The van der Waals surface area contributed by atoms with E-state index < -0.39 is 0 Å².